The number of aromatic nitrogens is 1. The van der Waals surface area contributed by atoms with Gasteiger partial charge in [0.15, 0.2) is 0 Å². The molecule has 0 saturated heterocycles. The Morgan fingerprint density at radius 1 is 1.19 bits per heavy atom. The molecule has 2 aromatic rings. The van der Waals surface area contributed by atoms with Gasteiger partial charge in [-0.2, -0.15) is 0 Å². The van der Waals surface area contributed by atoms with Gasteiger partial charge in [0.25, 0.3) is 0 Å². The minimum Gasteiger partial charge on any atom is -0.497 e. The van der Waals surface area contributed by atoms with Gasteiger partial charge in [-0.25, -0.2) is 0 Å². The van der Waals surface area contributed by atoms with Crippen LogP contribution >= 0.6 is 0 Å². The lowest BCUT2D eigenvalue weighted by Gasteiger charge is -2.16. The number of benzene rings is 1. The van der Waals surface area contributed by atoms with Crippen molar-refractivity contribution in [1.82, 2.24) is 9.88 Å². The van der Waals surface area contributed by atoms with Gasteiger partial charge in [-0.1, -0.05) is 18.2 Å². The van der Waals surface area contributed by atoms with Crippen molar-refractivity contribution in [1.29, 1.82) is 0 Å². The maximum absolute atomic E-state index is 12.1. The molecular formula is C17H20N2O2. The molecule has 1 amide bonds. The molecule has 1 heterocycles. The molecule has 0 radical (unpaired) electrons. The van der Waals surface area contributed by atoms with Gasteiger partial charge in [-0.05, 0) is 36.2 Å². The molecule has 0 atom stereocenters. The van der Waals surface area contributed by atoms with E-state index in [1.165, 1.54) is 0 Å². The topological polar surface area (TPSA) is 42.4 Å². The summed E-state index contributed by atoms with van der Waals surface area (Å²) in [6, 6.07) is 13.5. The molecule has 4 heteroatoms. The van der Waals surface area contributed by atoms with Gasteiger partial charge in [-0.3, -0.25) is 9.78 Å². The molecule has 1 aromatic carbocycles. The quantitative estimate of drug-likeness (QED) is 0.819. The fourth-order valence-corrected chi connectivity index (χ4v) is 2.06. The van der Waals surface area contributed by atoms with Crippen molar-refractivity contribution < 1.29 is 9.53 Å². The highest BCUT2D eigenvalue weighted by Gasteiger charge is 2.09. The lowest BCUT2D eigenvalue weighted by molar-refractivity contribution is -0.130. The molecule has 4 nitrogen and oxygen atoms in total. The molecule has 0 aliphatic carbocycles. The van der Waals surface area contributed by atoms with Crippen LogP contribution in [-0.2, 0) is 17.8 Å². The van der Waals surface area contributed by atoms with E-state index < -0.39 is 0 Å². The first-order valence-corrected chi connectivity index (χ1v) is 6.96. The van der Waals surface area contributed by atoms with Crippen LogP contribution in [0.15, 0.2) is 48.7 Å². The van der Waals surface area contributed by atoms with E-state index >= 15 is 0 Å². The van der Waals surface area contributed by atoms with E-state index in [2.05, 4.69) is 4.98 Å². The zero-order valence-corrected chi connectivity index (χ0v) is 12.5. The summed E-state index contributed by atoms with van der Waals surface area (Å²) < 4.78 is 5.12. The maximum Gasteiger partial charge on any atom is 0.222 e. The van der Waals surface area contributed by atoms with Crippen LogP contribution in [0.2, 0.25) is 0 Å². The number of pyridine rings is 1. The van der Waals surface area contributed by atoms with Gasteiger partial charge >= 0.3 is 0 Å². The monoisotopic (exact) mass is 284 g/mol. The molecule has 110 valence electrons. The van der Waals surface area contributed by atoms with E-state index in [0.717, 1.165) is 23.4 Å². The normalized spacial score (nSPS) is 10.2. The Morgan fingerprint density at radius 3 is 2.57 bits per heavy atom. The SMILES string of the molecule is COc1ccc(CCC(=O)N(C)Cc2ccccn2)cc1. The summed E-state index contributed by atoms with van der Waals surface area (Å²) in [7, 11) is 3.45. The van der Waals surface area contributed by atoms with Gasteiger partial charge in [0, 0.05) is 19.7 Å². The molecule has 0 bridgehead atoms. The van der Waals surface area contributed by atoms with E-state index in [9.17, 15) is 4.79 Å². The van der Waals surface area contributed by atoms with Crippen molar-refractivity contribution in [3.05, 3.63) is 59.9 Å². The number of aryl methyl sites for hydroxylation is 1. The second-order valence-corrected chi connectivity index (χ2v) is 4.92. The van der Waals surface area contributed by atoms with Crippen LogP contribution < -0.4 is 4.74 Å². The van der Waals surface area contributed by atoms with Crippen LogP contribution in [0.3, 0.4) is 0 Å². The molecule has 1 aromatic heterocycles. The smallest absolute Gasteiger partial charge is 0.222 e. The Morgan fingerprint density at radius 2 is 1.95 bits per heavy atom. The fraction of sp³-hybridized carbons (Fsp3) is 0.294. The van der Waals surface area contributed by atoms with E-state index in [1.54, 1.807) is 18.2 Å². The average Bonchev–Trinajstić information content (AvgIpc) is 2.54. The summed E-state index contributed by atoms with van der Waals surface area (Å²) in [4.78, 5) is 18.1. The van der Waals surface area contributed by atoms with Crippen LogP contribution in [0, 0.1) is 0 Å². The van der Waals surface area contributed by atoms with Gasteiger partial charge in [0.2, 0.25) is 5.91 Å². The molecular weight excluding hydrogens is 264 g/mol. The van der Waals surface area contributed by atoms with Crippen molar-refractivity contribution >= 4 is 5.91 Å². The average molecular weight is 284 g/mol. The third-order valence-electron chi connectivity index (χ3n) is 3.34. The van der Waals surface area contributed by atoms with Crippen LogP contribution in [0.1, 0.15) is 17.7 Å². The van der Waals surface area contributed by atoms with Crippen molar-refractivity contribution in [2.24, 2.45) is 0 Å². The number of hydrogen-bond donors (Lipinski definition) is 0. The van der Waals surface area contributed by atoms with Crippen molar-refractivity contribution in [3.63, 3.8) is 0 Å². The number of amides is 1. The molecule has 0 aliphatic heterocycles. The second kappa shape index (κ2) is 7.43. The van der Waals surface area contributed by atoms with Crippen molar-refractivity contribution in [2.45, 2.75) is 19.4 Å². The minimum atomic E-state index is 0.122. The van der Waals surface area contributed by atoms with E-state index in [1.807, 2.05) is 49.5 Å². The van der Waals surface area contributed by atoms with Crippen molar-refractivity contribution in [2.75, 3.05) is 14.2 Å². The molecule has 0 aliphatic rings. The van der Waals surface area contributed by atoms with Gasteiger partial charge in [0.05, 0.1) is 19.3 Å². The predicted molar refractivity (Wildman–Crippen MR) is 82.0 cm³/mol. The second-order valence-electron chi connectivity index (χ2n) is 4.92. The lowest BCUT2D eigenvalue weighted by Crippen LogP contribution is -2.26. The minimum absolute atomic E-state index is 0.122. The number of rotatable bonds is 6. The van der Waals surface area contributed by atoms with Crippen LogP contribution in [0.25, 0.3) is 0 Å². The number of hydrogen-bond acceptors (Lipinski definition) is 3. The lowest BCUT2D eigenvalue weighted by atomic mass is 10.1. The molecule has 0 unspecified atom stereocenters. The fourth-order valence-electron chi connectivity index (χ4n) is 2.06. The Hall–Kier alpha value is -2.36. The predicted octanol–water partition coefficient (Wildman–Crippen LogP) is 2.68. The molecule has 2 rings (SSSR count). The molecule has 0 saturated carbocycles. The van der Waals surface area contributed by atoms with E-state index in [0.29, 0.717) is 13.0 Å². The highest BCUT2D eigenvalue weighted by Crippen LogP contribution is 2.13. The molecule has 0 spiro atoms. The molecule has 0 N–H and O–H groups in total. The Bertz CT molecular complexity index is 567. The van der Waals surface area contributed by atoms with Crippen LogP contribution in [0.5, 0.6) is 5.75 Å². The van der Waals surface area contributed by atoms with Gasteiger partial charge in [-0.15, -0.1) is 0 Å². The largest absolute Gasteiger partial charge is 0.497 e. The van der Waals surface area contributed by atoms with Crippen LogP contribution in [-0.4, -0.2) is 29.9 Å². The highest BCUT2D eigenvalue weighted by atomic mass is 16.5. The number of ether oxygens (including phenoxy) is 1. The Kier molecular flexibility index (Phi) is 5.32. The number of carbonyl (C=O) groups excluding carboxylic acids is 1. The van der Waals surface area contributed by atoms with Gasteiger partial charge < -0.3 is 9.64 Å². The Balaban J connectivity index is 1.83. The number of carbonyl (C=O) groups is 1. The first-order valence-electron chi connectivity index (χ1n) is 6.96. The molecule has 21 heavy (non-hydrogen) atoms. The summed E-state index contributed by atoms with van der Waals surface area (Å²) in [5.41, 5.74) is 2.04. The van der Waals surface area contributed by atoms with Crippen LogP contribution in [0.4, 0.5) is 0 Å². The number of nitrogens with zero attached hydrogens (tertiary/aromatic N) is 2. The first kappa shape index (κ1) is 15.0. The highest BCUT2D eigenvalue weighted by molar-refractivity contribution is 5.76. The molecule has 0 fully saturated rings. The summed E-state index contributed by atoms with van der Waals surface area (Å²) in [6.45, 7) is 0.544. The number of methoxy groups -OCH3 is 1. The summed E-state index contributed by atoms with van der Waals surface area (Å²) in [5, 5.41) is 0. The van der Waals surface area contributed by atoms with Crippen molar-refractivity contribution in [3.8, 4) is 5.75 Å². The Labute approximate surface area is 125 Å². The van der Waals surface area contributed by atoms with E-state index in [4.69, 9.17) is 4.74 Å². The standard InChI is InChI=1S/C17H20N2O2/c1-19(13-15-5-3-4-12-18-15)17(20)11-8-14-6-9-16(21-2)10-7-14/h3-7,9-10,12H,8,11,13H2,1-2H3. The maximum atomic E-state index is 12.1. The third kappa shape index (κ3) is 4.60. The first-order chi connectivity index (χ1) is 10.2. The third-order valence-corrected chi connectivity index (χ3v) is 3.34. The van der Waals surface area contributed by atoms with Gasteiger partial charge in [0.1, 0.15) is 5.75 Å². The zero-order valence-electron chi connectivity index (χ0n) is 12.5. The summed E-state index contributed by atoms with van der Waals surface area (Å²) in [5.74, 6) is 0.953. The van der Waals surface area contributed by atoms with E-state index in [-0.39, 0.29) is 5.91 Å². The zero-order chi connectivity index (χ0) is 15.1. The summed E-state index contributed by atoms with van der Waals surface area (Å²) in [6.07, 6.45) is 2.97. The summed E-state index contributed by atoms with van der Waals surface area (Å²) >= 11 is 0.